The summed E-state index contributed by atoms with van der Waals surface area (Å²) in [6, 6.07) is 3.68. The molecule has 0 spiro atoms. The normalized spacial score (nSPS) is 15.8. The summed E-state index contributed by atoms with van der Waals surface area (Å²) < 4.78 is 31.7. The van der Waals surface area contributed by atoms with E-state index in [-0.39, 0.29) is 0 Å². The van der Waals surface area contributed by atoms with Crippen LogP contribution in [-0.4, -0.2) is 59.3 Å². The second-order valence-corrected chi connectivity index (χ2v) is 4.22. The third kappa shape index (κ3) is 6.39. The molecular weight excluding hydrogens is 303 g/mol. The molecule has 1 aliphatic heterocycles. The van der Waals surface area contributed by atoms with Crippen molar-refractivity contribution in [2.45, 2.75) is 6.18 Å². The van der Waals surface area contributed by atoms with E-state index in [1.807, 2.05) is 12.1 Å². The minimum atomic E-state index is -5.08. The Bertz CT molecular complexity index is 501. The van der Waals surface area contributed by atoms with Gasteiger partial charge in [0.05, 0.1) is 5.69 Å². The van der Waals surface area contributed by atoms with Crippen molar-refractivity contribution in [3.8, 4) is 0 Å². The van der Waals surface area contributed by atoms with Crippen molar-refractivity contribution in [1.82, 2.24) is 15.2 Å². The third-order valence-electron chi connectivity index (χ3n) is 2.59. The fraction of sp³-hybridized carbons (Fsp3) is 0.417. The molecule has 0 radical (unpaired) electrons. The number of rotatable bonds is 1. The molecule has 1 fully saturated rings. The summed E-state index contributed by atoms with van der Waals surface area (Å²) >= 11 is 0. The van der Waals surface area contributed by atoms with Crippen LogP contribution in [0.1, 0.15) is 0 Å². The van der Waals surface area contributed by atoms with Crippen molar-refractivity contribution in [2.75, 3.05) is 26.2 Å². The van der Waals surface area contributed by atoms with Gasteiger partial charge in [0.2, 0.25) is 0 Å². The van der Waals surface area contributed by atoms with E-state index in [0.29, 0.717) is 5.96 Å². The van der Waals surface area contributed by atoms with Crippen molar-refractivity contribution in [1.29, 1.82) is 0 Å². The number of nitrogens with zero attached hydrogens (tertiary/aromatic N) is 3. The van der Waals surface area contributed by atoms with Crippen molar-refractivity contribution < 1.29 is 23.1 Å². The van der Waals surface area contributed by atoms with Crippen molar-refractivity contribution >= 4 is 17.6 Å². The van der Waals surface area contributed by atoms with Crippen LogP contribution in [-0.2, 0) is 4.79 Å². The lowest BCUT2D eigenvalue weighted by Crippen LogP contribution is -2.49. The highest BCUT2D eigenvalue weighted by atomic mass is 19.4. The Morgan fingerprint density at radius 3 is 2.27 bits per heavy atom. The van der Waals surface area contributed by atoms with Gasteiger partial charge in [-0.05, 0) is 12.1 Å². The van der Waals surface area contributed by atoms with Gasteiger partial charge in [0.1, 0.15) is 0 Å². The van der Waals surface area contributed by atoms with Gasteiger partial charge in [0.15, 0.2) is 5.96 Å². The molecule has 0 aliphatic carbocycles. The van der Waals surface area contributed by atoms with Gasteiger partial charge in [-0.25, -0.2) is 9.79 Å². The number of aromatic nitrogens is 1. The second-order valence-electron chi connectivity index (χ2n) is 4.22. The molecule has 10 heteroatoms. The minimum Gasteiger partial charge on any atom is -0.475 e. The molecule has 22 heavy (non-hydrogen) atoms. The lowest BCUT2D eigenvalue weighted by Gasteiger charge is -2.28. The smallest absolute Gasteiger partial charge is 0.475 e. The Kier molecular flexibility index (Phi) is 6.57. The summed E-state index contributed by atoms with van der Waals surface area (Å²) in [5, 5.41) is 10.4. The van der Waals surface area contributed by atoms with E-state index in [1.165, 1.54) is 0 Å². The van der Waals surface area contributed by atoms with Gasteiger partial charge < -0.3 is 21.1 Å². The van der Waals surface area contributed by atoms with Crippen LogP contribution in [0.4, 0.5) is 18.9 Å². The topological polar surface area (TPSA) is 104 Å². The highest BCUT2D eigenvalue weighted by Crippen LogP contribution is 2.13. The predicted molar refractivity (Wildman–Crippen MR) is 73.7 cm³/mol. The molecule has 0 bridgehead atoms. The van der Waals surface area contributed by atoms with Gasteiger partial charge in [0, 0.05) is 38.6 Å². The molecule has 2 heterocycles. The monoisotopic (exact) mass is 319 g/mol. The van der Waals surface area contributed by atoms with Crippen LogP contribution in [0.2, 0.25) is 0 Å². The maximum atomic E-state index is 10.6. The Balaban J connectivity index is 0.000000295. The van der Waals surface area contributed by atoms with E-state index >= 15 is 0 Å². The standard InChI is InChI=1S/C10H15N5.C2HF3O2/c11-10(15-7-5-13-6-8-15)14-9-1-3-12-4-2-9;3-2(4,5)1(6)7/h1-4,13H,5-8H2,(H2,11,12,14);(H,6,7). The number of carboxylic acids is 1. The summed E-state index contributed by atoms with van der Waals surface area (Å²) in [4.78, 5) is 19.2. The number of nitrogens with two attached hydrogens (primary N) is 1. The average Bonchev–Trinajstić information content (AvgIpc) is 2.49. The van der Waals surface area contributed by atoms with Gasteiger partial charge >= 0.3 is 12.1 Å². The molecule has 0 saturated carbocycles. The van der Waals surface area contributed by atoms with Crippen LogP contribution in [0.15, 0.2) is 29.5 Å². The number of alkyl halides is 3. The first kappa shape index (κ1) is 17.7. The lowest BCUT2D eigenvalue weighted by atomic mass is 10.4. The molecule has 4 N–H and O–H groups in total. The SMILES string of the molecule is NC(=Nc1ccncc1)N1CCNCC1.O=C(O)C(F)(F)F. The maximum Gasteiger partial charge on any atom is 0.490 e. The van der Waals surface area contributed by atoms with Crippen LogP contribution in [0, 0.1) is 0 Å². The molecule has 0 amide bonds. The first-order chi connectivity index (χ1) is 10.3. The lowest BCUT2D eigenvalue weighted by molar-refractivity contribution is -0.192. The number of piperazine rings is 1. The number of carbonyl (C=O) groups is 1. The summed E-state index contributed by atoms with van der Waals surface area (Å²) in [5.74, 6) is -2.17. The van der Waals surface area contributed by atoms with Crippen molar-refractivity contribution in [3.63, 3.8) is 0 Å². The molecule has 0 aromatic carbocycles. The molecule has 1 aromatic rings. The number of hydrogen-bond acceptors (Lipinski definition) is 4. The van der Waals surface area contributed by atoms with Gasteiger partial charge in [-0.15, -0.1) is 0 Å². The van der Waals surface area contributed by atoms with E-state index in [1.54, 1.807) is 12.4 Å². The quantitative estimate of drug-likeness (QED) is 0.516. The number of halogens is 3. The summed E-state index contributed by atoms with van der Waals surface area (Å²) in [5.41, 5.74) is 6.76. The highest BCUT2D eigenvalue weighted by molar-refractivity contribution is 5.81. The Morgan fingerprint density at radius 2 is 1.82 bits per heavy atom. The van der Waals surface area contributed by atoms with Crippen LogP contribution in [0.25, 0.3) is 0 Å². The van der Waals surface area contributed by atoms with Crippen LogP contribution in [0.5, 0.6) is 0 Å². The van der Waals surface area contributed by atoms with E-state index < -0.39 is 12.1 Å². The van der Waals surface area contributed by atoms with Crippen LogP contribution >= 0.6 is 0 Å². The number of aliphatic imine (C=N–C) groups is 1. The number of aliphatic carboxylic acids is 1. The summed E-state index contributed by atoms with van der Waals surface area (Å²) in [7, 11) is 0. The number of carboxylic acid groups (broad SMARTS) is 1. The predicted octanol–water partition coefficient (Wildman–Crippen LogP) is 0.566. The third-order valence-corrected chi connectivity index (χ3v) is 2.59. The first-order valence-electron chi connectivity index (χ1n) is 6.30. The highest BCUT2D eigenvalue weighted by Gasteiger charge is 2.38. The molecule has 1 aromatic heterocycles. The van der Waals surface area contributed by atoms with Crippen LogP contribution in [0.3, 0.4) is 0 Å². The van der Waals surface area contributed by atoms with Gasteiger partial charge in [0.25, 0.3) is 0 Å². The summed E-state index contributed by atoms with van der Waals surface area (Å²) in [6.07, 6.45) is -1.66. The van der Waals surface area contributed by atoms with Gasteiger partial charge in [-0.1, -0.05) is 0 Å². The van der Waals surface area contributed by atoms with Crippen molar-refractivity contribution in [3.05, 3.63) is 24.5 Å². The zero-order valence-corrected chi connectivity index (χ0v) is 11.5. The zero-order chi connectivity index (χ0) is 16.6. The molecule has 2 rings (SSSR count). The largest absolute Gasteiger partial charge is 0.490 e. The maximum absolute atomic E-state index is 10.6. The first-order valence-corrected chi connectivity index (χ1v) is 6.30. The second kappa shape index (κ2) is 8.17. The number of nitrogens with one attached hydrogen (secondary N) is 1. The molecule has 0 atom stereocenters. The minimum absolute atomic E-state index is 0.586. The average molecular weight is 319 g/mol. The van der Waals surface area contributed by atoms with Crippen LogP contribution < -0.4 is 11.1 Å². The molecular formula is C12H16F3N5O2. The Morgan fingerprint density at radius 1 is 1.32 bits per heavy atom. The van der Waals surface area contributed by atoms with Gasteiger partial charge in [-0.3, -0.25) is 4.98 Å². The zero-order valence-electron chi connectivity index (χ0n) is 11.5. The fourth-order valence-electron chi connectivity index (χ4n) is 1.52. The Hall–Kier alpha value is -2.36. The molecule has 0 unspecified atom stereocenters. The van der Waals surface area contributed by atoms with E-state index in [0.717, 1.165) is 31.9 Å². The van der Waals surface area contributed by atoms with Gasteiger partial charge in [-0.2, -0.15) is 13.2 Å². The van der Waals surface area contributed by atoms with Crippen molar-refractivity contribution in [2.24, 2.45) is 10.7 Å². The number of pyridine rings is 1. The Labute approximate surface area is 124 Å². The molecule has 1 saturated heterocycles. The molecule has 7 nitrogen and oxygen atoms in total. The van der Waals surface area contributed by atoms with E-state index in [4.69, 9.17) is 15.6 Å². The fourth-order valence-corrected chi connectivity index (χ4v) is 1.52. The van der Waals surface area contributed by atoms with E-state index in [9.17, 15) is 13.2 Å². The molecule has 1 aliphatic rings. The summed E-state index contributed by atoms with van der Waals surface area (Å²) in [6.45, 7) is 3.76. The number of hydrogen-bond donors (Lipinski definition) is 3. The van der Waals surface area contributed by atoms with E-state index in [2.05, 4.69) is 20.2 Å². The molecule has 122 valence electrons. The number of guanidine groups is 1.